The SMILES string of the molecule is CCOC(=O)Cc1cc(C#N)cc(C)c1C=O. The predicted octanol–water partition coefficient (Wildman–Crippen LogP) is 1.78. The largest absolute Gasteiger partial charge is 0.466 e. The van der Waals surface area contributed by atoms with Crippen molar-refractivity contribution in [3.63, 3.8) is 0 Å². The molecule has 17 heavy (non-hydrogen) atoms. The number of rotatable bonds is 4. The Hall–Kier alpha value is -2.15. The summed E-state index contributed by atoms with van der Waals surface area (Å²) in [5, 5.41) is 8.83. The minimum absolute atomic E-state index is 0.0122. The van der Waals surface area contributed by atoms with Crippen LogP contribution in [-0.2, 0) is 16.0 Å². The molecule has 0 aliphatic rings. The second-order valence-corrected chi connectivity index (χ2v) is 3.58. The van der Waals surface area contributed by atoms with E-state index in [1.54, 1.807) is 26.0 Å². The number of aldehydes is 1. The van der Waals surface area contributed by atoms with Gasteiger partial charge < -0.3 is 4.74 Å². The highest BCUT2D eigenvalue weighted by Gasteiger charge is 2.12. The molecule has 0 bridgehead atoms. The highest BCUT2D eigenvalue weighted by molar-refractivity contribution is 5.84. The number of nitrogens with zero attached hydrogens (tertiary/aromatic N) is 1. The first-order chi connectivity index (χ1) is 8.12. The van der Waals surface area contributed by atoms with Gasteiger partial charge in [0.05, 0.1) is 24.7 Å². The van der Waals surface area contributed by atoms with E-state index in [-0.39, 0.29) is 6.42 Å². The van der Waals surface area contributed by atoms with Gasteiger partial charge in [-0.2, -0.15) is 5.26 Å². The van der Waals surface area contributed by atoms with E-state index in [4.69, 9.17) is 10.00 Å². The summed E-state index contributed by atoms with van der Waals surface area (Å²) in [5.74, 6) is -0.398. The van der Waals surface area contributed by atoms with E-state index in [0.29, 0.717) is 35.1 Å². The van der Waals surface area contributed by atoms with Crippen LogP contribution in [0.4, 0.5) is 0 Å². The summed E-state index contributed by atoms with van der Waals surface area (Å²) in [7, 11) is 0. The van der Waals surface area contributed by atoms with Crippen molar-refractivity contribution >= 4 is 12.3 Å². The third kappa shape index (κ3) is 3.15. The Bertz CT molecular complexity index is 486. The first-order valence-electron chi connectivity index (χ1n) is 5.26. The first kappa shape index (κ1) is 12.9. The molecule has 88 valence electrons. The van der Waals surface area contributed by atoms with Gasteiger partial charge >= 0.3 is 5.97 Å². The molecular weight excluding hydrogens is 218 g/mol. The fourth-order valence-corrected chi connectivity index (χ4v) is 1.62. The number of nitriles is 1. The van der Waals surface area contributed by atoms with Gasteiger partial charge in [0.1, 0.15) is 0 Å². The summed E-state index contributed by atoms with van der Waals surface area (Å²) in [4.78, 5) is 22.3. The summed E-state index contributed by atoms with van der Waals surface area (Å²) in [6.07, 6.45) is 0.712. The molecule has 0 aromatic heterocycles. The fraction of sp³-hybridized carbons (Fsp3) is 0.308. The minimum Gasteiger partial charge on any atom is -0.466 e. The second-order valence-electron chi connectivity index (χ2n) is 3.58. The summed E-state index contributed by atoms with van der Waals surface area (Å²) < 4.78 is 4.82. The Labute approximate surface area is 99.8 Å². The molecule has 0 heterocycles. The van der Waals surface area contributed by atoms with Gasteiger partial charge in [-0.05, 0) is 37.1 Å². The van der Waals surface area contributed by atoms with Crippen LogP contribution in [0.2, 0.25) is 0 Å². The maximum absolute atomic E-state index is 11.4. The number of carbonyl (C=O) groups is 2. The molecule has 1 aromatic rings. The van der Waals surface area contributed by atoms with Crippen molar-refractivity contribution in [1.29, 1.82) is 5.26 Å². The van der Waals surface area contributed by atoms with Gasteiger partial charge in [0, 0.05) is 5.56 Å². The molecular formula is C13H13NO3. The molecule has 4 nitrogen and oxygen atoms in total. The summed E-state index contributed by atoms with van der Waals surface area (Å²) in [6.45, 7) is 3.75. The van der Waals surface area contributed by atoms with E-state index < -0.39 is 5.97 Å². The van der Waals surface area contributed by atoms with Crippen molar-refractivity contribution in [1.82, 2.24) is 0 Å². The molecule has 0 N–H and O–H groups in total. The van der Waals surface area contributed by atoms with E-state index >= 15 is 0 Å². The smallest absolute Gasteiger partial charge is 0.310 e. The second kappa shape index (κ2) is 5.80. The molecule has 4 heteroatoms. The molecule has 0 aliphatic carbocycles. The van der Waals surface area contributed by atoms with E-state index in [0.717, 1.165) is 0 Å². The van der Waals surface area contributed by atoms with Crippen molar-refractivity contribution in [3.05, 3.63) is 34.4 Å². The number of hydrogen-bond acceptors (Lipinski definition) is 4. The summed E-state index contributed by atoms with van der Waals surface area (Å²) in [5.41, 5.74) is 2.12. The van der Waals surface area contributed by atoms with E-state index in [1.807, 2.05) is 6.07 Å². The van der Waals surface area contributed by atoms with E-state index in [2.05, 4.69) is 0 Å². The van der Waals surface area contributed by atoms with Crippen LogP contribution in [-0.4, -0.2) is 18.9 Å². The van der Waals surface area contributed by atoms with Crippen LogP contribution in [0.3, 0.4) is 0 Å². The molecule has 0 unspecified atom stereocenters. The molecule has 0 radical (unpaired) electrons. The number of carbonyl (C=O) groups excluding carboxylic acids is 2. The fourth-order valence-electron chi connectivity index (χ4n) is 1.62. The average molecular weight is 231 g/mol. The maximum Gasteiger partial charge on any atom is 0.310 e. The van der Waals surface area contributed by atoms with Gasteiger partial charge in [0.15, 0.2) is 6.29 Å². The average Bonchev–Trinajstić information content (AvgIpc) is 2.28. The van der Waals surface area contributed by atoms with Crippen LogP contribution in [0.15, 0.2) is 12.1 Å². The molecule has 0 amide bonds. The zero-order valence-corrected chi connectivity index (χ0v) is 9.82. The quantitative estimate of drug-likeness (QED) is 0.585. The molecule has 1 aromatic carbocycles. The van der Waals surface area contributed by atoms with Crippen LogP contribution in [0, 0.1) is 18.3 Å². The topological polar surface area (TPSA) is 67.2 Å². The zero-order valence-electron chi connectivity index (χ0n) is 9.82. The molecule has 1 rings (SSSR count). The molecule has 0 saturated heterocycles. The van der Waals surface area contributed by atoms with Crippen molar-refractivity contribution in [3.8, 4) is 6.07 Å². The van der Waals surface area contributed by atoms with Gasteiger partial charge in [0.25, 0.3) is 0 Å². The minimum atomic E-state index is -0.398. The zero-order chi connectivity index (χ0) is 12.8. The van der Waals surface area contributed by atoms with Crippen molar-refractivity contribution < 1.29 is 14.3 Å². The standard InChI is InChI=1S/C13H13NO3/c1-3-17-13(16)6-11-5-10(7-14)4-9(2)12(11)8-15/h4-5,8H,3,6H2,1-2H3. The first-order valence-corrected chi connectivity index (χ1v) is 5.26. The van der Waals surface area contributed by atoms with Crippen molar-refractivity contribution in [2.75, 3.05) is 6.61 Å². The Morgan fingerprint density at radius 1 is 1.53 bits per heavy atom. The van der Waals surface area contributed by atoms with E-state index in [1.165, 1.54) is 0 Å². The van der Waals surface area contributed by atoms with Gasteiger partial charge in [-0.25, -0.2) is 0 Å². The van der Waals surface area contributed by atoms with Crippen molar-refractivity contribution in [2.45, 2.75) is 20.3 Å². The van der Waals surface area contributed by atoms with Crippen LogP contribution in [0.5, 0.6) is 0 Å². The Morgan fingerprint density at radius 3 is 2.76 bits per heavy atom. The lowest BCUT2D eigenvalue weighted by Crippen LogP contribution is -2.10. The van der Waals surface area contributed by atoms with Crippen LogP contribution in [0.25, 0.3) is 0 Å². The summed E-state index contributed by atoms with van der Waals surface area (Å²) >= 11 is 0. The van der Waals surface area contributed by atoms with Gasteiger partial charge in [-0.1, -0.05) is 0 Å². The van der Waals surface area contributed by atoms with Crippen LogP contribution < -0.4 is 0 Å². The molecule has 0 spiro atoms. The molecule has 0 aliphatic heterocycles. The Kier molecular flexibility index (Phi) is 4.41. The number of esters is 1. The van der Waals surface area contributed by atoms with Crippen LogP contribution in [0.1, 0.15) is 34.0 Å². The number of hydrogen-bond donors (Lipinski definition) is 0. The highest BCUT2D eigenvalue weighted by Crippen LogP contribution is 2.16. The summed E-state index contributed by atoms with van der Waals surface area (Å²) in [6, 6.07) is 5.17. The van der Waals surface area contributed by atoms with Gasteiger partial charge in [-0.15, -0.1) is 0 Å². The third-order valence-corrected chi connectivity index (χ3v) is 2.36. The molecule has 0 saturated carbocycles. The predicted molar refractivity (Wildman–Crippen MR) is 61.6 cm³/mol. The van der Waals surface area contributed by atoms with E-state index in [9.17, 15) is 9.59 Å². The van der Waals surface area contributed by atoms with Gasteiger partial charge in [0.2, 0.25) is 0 Å². The number of ether oxygens (including phenoxy) is 1. The maximum atomic E-state index is 11.4. The lowest BCUT2D eigenvalue weighted by atomic mass is 9.97. The Morgan fingerprint density at radius 2 is 2.24 bits per heavy atom. The highest BCUT2D eigenvalue weighted by atomic mass is 16.5. The lowest BCUT2D eigenvalue weighted by Gasteiger charge is -2.08. The number of benzene rings is 1. The van der Waals surface area contributed by atoms with Crippen molar-refractivity contribution in [2.24, 2.45) is 0 Å². The molecule has 0 fully saturated rings. The van der Waals surface area contributed by atoms with Gasteiger partial charge in [-0.3, -0.25) is 9.59 Å². The normalized spacial score (nSPS) is 9.47. The Balaban J connectivity index is 3.12. The lowest BCUT2D eigenvalue weighted by molar-refractivity contribution is -0.142. The molecule has 0 atom stereocenters. The third-order valence-electron chi connectivity index (χ3n) is 2.36. The number of aryl methyl sites for hydroxylation is 1. The monoisotopic (exact) mass is 231 g/mol. The van der Waals surface area contributed by atoms with Crippen LogP contribution >= 0.6 is 0 Å².